The van der Waals surface area contributed by atoms with Crippen LogP contribution in [0.15, 0.2) is 62.5 Å². The number of likely N-dealkylation sites (tertiary alicyclic amines) is 1. The van der Waals surface area contributed by atoms with Gasteiger partial charge in [0.25, 0.3) is 0 Å². The zero-order chi connectivity index (χ0) is 27.8. The molecule has 1 aliphatic rings. The molecule has 0 radical (unpaired) electrons. The summed E-state index contributed by atoms with van der Waals surface area (Å²) in [6.45, 7) is 7.45. The lowest BCUT2D eigenvalue weighted by Crippen LogP contribution is -2.37. The van der Waals surface area contributed by atoms with Crippen molar-refractivity contribution in [2.45, 2.75) is 33.1 Å². The quantitative estimate of drug-likeness (QED) is 0.125. The first-order chi connectivity index (χ1) is 19.5. The summed E-state index contributed by atoms with van der Waals surface area (Å²) < 4.78 is 11.5. The summed E-state index contributed by atoms with van der Waals surface area (Å²) in [6.07, 6.45) is 2.47. The van der Waals surface area contributed by atoms with Crippen LogP contribution >= 0.6 is 0 Å². The number of aromatic nitrogens is 1. The van der Waals surface area contributed by atoms with Gasteiger partial charge in [0.1, 0.15) is 0 Å². The minimum atomic E-state index is -0.192. The van der Waals surface area contributed by atoms with E-state index in [0.717, 1.165) is 50.0 Å². The van der Waals surface area contributed by atoms with Gasteiger partial charge in [0.05, 0.1) is 34.3 Å². The third-order valence-corrected chi connectivity index (χ3v) is 8.04. The largest absolute Gasteiger partial charge is 0.466 e. The Morgan fingerprint density at radius 1 is 1.00 bits per heavy atom. The van der Waals surface area contributed by atoms with Crippen LogP contribution in [0.3, 0.4) is 0 Å². The van der Waals surface area contributed by atoms with Gasteiger partial charge in [-0.3, -0.25) is 14.4 Å². The first-order valence-electron chi connectivity index (χ1n) is 14.0. The molecule has 206 valence electrons. The van der Waals surface area contributed by atoms with Crippen molar-refractivity contribution in [1.29, 1.82) is 0 Å². The lowest BCUT2D eigenvalue weighted by molar-refractivity contribution is -0.149. The number of carbonyl (C=O) groups is 1. The second-order valence-corrected chi connectivity index (χ2v) is 10.6. The van der Waals surface area contributed by atoms with Crippen LogP contribution in [-0.2, 0) is 9.53 Å². The molecule has 2 N–H and O–H groups in total. The number of piperidine rings is 1. The highest BCUT2D eigenvalue weighted by Gasteiger charge is 2.25. The van der Waals surface area contributed by atoms with Crippen LogP contribution in [0, 0.1) is 12.8 Å². The summed E-state index contributed by atoms with van der Waals surface area (Å²) in [4.78, 5) is 45.4. The molecule has 0 aliphatic carbocycles. The summed E-state index contributed by atoms with van der Waals surface area (Å²) >= 11 is 0. The minimum Gasteiger partial charge on any atom is -0.466 e. The molecule has 0 unspecified atom stereocenters. The molecule has 0 amide bonds. The fourth-order valence-corrected chi connectivity index (χ4v) is 5.92. The van der Waals surface area contributed by atoms with Gasteiger partial charge in [0.2, 0.25) is 0 Å². The van der Waals surface area contributed by atoms with Crippen LogP contribution in [0.25, 0.3) is 43.7 Å². The summed E-state index contributed by atoms with van der Waals surface area (Å²) in [5, 5.41) is 4.99. The van der Waals surface area contributed by atoms with Gasteiger partial charge in [-0.25, -0.2) is 0 Å². The Labute approximate surface area is 230 Å². The zero-order valence-electron chi connectivity index (χ0n) is 22.8. The van der Waals surface area contributed by atoms with E-state index < -0.39 is 0 Å². The number of aromatic amines is 1. The monoisotopic (exact) mass is 539 g/mol. The number of para-hydroxylation sites is 1. The molecule has 6 rings (SSSR count). The maximum Gasteiger partial charge on any atom is 0.309 e. The molecule has 40 heavy (non-hydrogen) atoms. The predicted molar refractivity (Wildman–Crippen MR) is 159 cm³/mol. The molecule has 1 aromatic heterocycles. The molecule has 8 nitrogen and oxygen atoms in total. The average molecular weight is 540 g/mol. The van der Waals surface area contributed by atoms with E-state index in [2.05, 4.69) is 15.2 Å². The van der Waals surface area contributed by atoms with Crippen molar-refractivity contribution >= 4 is 55.4 Å². The summed E-state index contributed by atoms with van der Waals surface area (Å²) in [6, 6.07) is 14.6. The SMILES string of the molecule is CCOC(=O)C1CCN(CCCNc2cc3oc4cccc(C)c4[nH]c3c3c(=O)c4ccccc4c(=O)c23)CC1. The van der Waals surface area contributed by atoms with E-state index in [1.807, 2.05) is 38.1 Å². The van der Waals surface area contributed by atoms with Gasteiger partial charge in [0.15, 0.2) is 22.0 Å². The number of rotatable bonds is 7. The van der Waals surface area contributed by atoms with Gasteiger partial charge in [-0.05, 0) is 64.4 Å². The van der Waals surface area contributed by atoms with Crippen LogP contribution < -0.4 is 16.2 Å². The van der Waals surface area contributed by atoms with Crippen LogP contribution in [0.5, 0.6) is 0 Å². The third kappa shape index (κ3) is 4.62. The number of benzene rings is 4. The van der Waals surface area contributed by atoms with Crippen molar-refractivity contribution in [3.05, 3.63) is 74.5 Å². The van der Waals surface area contributed by atoms with E-state index in [0.29, 0.717) is 57.1 Å². The van der Waals surface area contributed by atoms with Gasteiger partial charge in [-0.1, -0.05) is 36.4 Å². The Hall–Kier alpha value is -4.17. The number of aryl methyl sites for hydroxylation is 1. The van der Waals surface area contributed by atoms with Crippen LogP contribution in [0.4, 0.5) is 5.69 Å². The maximum absolute atomic E-state index is 13.8. The standard InChI is InChI=1S/C32H33N3O5/c1-3-39-32(38)20-12-16-35(17-13-20)15-7-14-33-23-18-25-29(34-28-19(2)8-6-11-24(28)40-25)27-26(23)30(36)21-9-4-5-10-22(21)31(27)37/h4-6,8-11,18,20,33-34H,3,7,12-17H2,1-2H3. The number of esters is 1. The van der Waals surface area contributed by atoms with Crippen molar-refractivity contribution in [3.8, 4) is 0 Å². The smallest absolute Gasteiger partial charge is 0.309 e. The maximum atomic E-state index is 13.8. The highest BCUT2D eigenvalue weighted by atomic mass is 16.5. The number of hydrogen-bond donors (Lipinski definition) is 2. The molecular weight excluding hydrogens is 506 g/mol. The molecule has 1 aliphatic heterocycles. The predicted octanol–water partition coefficient (Wildman–Crippen LogP) is 5.33. The summed E-state index contributed by atoms with van der Waals surface area (Å²) in [5.41, 5.74) is 3.74. The van der Waals surface area contributed by atoms with Crippen LogP contribution in [0.2, 0.25) is 0 Å². The number of hydrogen-bond acceptors (Lipinski definition) is 7. The molecule has 0 saturated carbocycles. The van der Waals surface area contributed by atoms with Crippen LogP contribution in [-0.4, -0.2) is 48.6 Å². The number of ether oxygens (including phenoxy) is 1. The van der Waals surface area contributed by atoms with Gasteiger partial charge in [-0.15, -0.1) is 0 Å². The van der Waals surface area contributed by atoms with E-state index in [9.17, 15) is 14.4 Å². The molecule has 5 aromatic rings. The first kappa shape index (κ1) is 26.1. The number of nitrogens with zero attached hydrogens (tertiary/aromatic N) is 1. The lowest BCUT2D eigenvalue weighted by atomic mass is 9.97. The number of fused-ring (bicyclic) bond motifs is 5. The molecule has 0 bridgehead atoms. The molecular formula is C32H33N3O5. The number of anilines is 1. The van der Waals surface area contributed by atoms with Crippen molar-refractivity contribution in [1.82, 2.24) is 9.88 Å². The Kier molecular flexibility index (Phi) is 7.02. The fourth-order valence-electron chi connectivity index (χ4n) is 5.92. The van der Waals surface area contributed by atoms with E-state index in [1.165, 1.54) is 0 Å². The Bertz CT molecular complexity index is 1860. The van der Waals surface area contributed by atoms with Gasteiger partial charge in [-0.2, -0.15) is 0 Å². The second kappa shape index (κ2) is 10.8. The lowest BCUT2D eigenvalue weighted by Gasteiger charge is -2.30. The molecule has 4 aromatic carbocycles. The minimum absolute atomic E-state index is 0.00898. The molecule has 8 heteroatoms. The Morgan fingerprint density at radius 3 is 2.45 bits per heavy atom. The molecule has 1 saturated heterocycles. The van der Waals surface area contributed by atoms with Crippen molar-refractivity contribution in [2.24, 2.45) is 5.92 Å². The normalized spacial score (nSPS) is 14.8. The topological polar surface area (TPSA) is 105 Å². The zero-order valence-corrected chi connectivity index (χ0v) is 22.8. The fraction of sp³-hybridized carbons (Fsp3) is 0.344. The highest BCUT2D eigenvalue weighted by Crippen LogP contribution is 2.31. The van der Waals surface area contributed by atoms with E-state index >= 15 is 0 Å². The molecule has 0 spiro atoms. The van der Waals surface area contributed by atoms with E-state index in [1.54, 1.807) is 24.3 Å². The Morgan fingerprint density at radius 2 is 1.73 bits per heavy atom. The summed E-state index contributed by atoms with van der Waals surface area (Å²) in [7, 11) is 0. The Balaban J connectivity index is 1.33. The van der Waals surface area contributed by atoms with Crippen molar-refractivity contribution in [2.75, 3.05) is 38.1 Å². The van der Waals surface area contributed by atoms with Gasteiger partial charge < -0.3 is 24.4 Å². The number of nitrogens with one attached hydrogen (secondary N) is 2. The average Bonchev–Trinajstić information content (AvgIpc) is 2.97. The molecule has 1 fully saturated rings. The molecule has 2 heterocycles. The first-order valence-corrected chi connectivity index (χ1v) is 14.0. The van der Waals surface area contributed by atoms with E-state index in [-0.39, 0.29) is 22.7 Å². The number of carbonyl (C=O) groups excluding carboxylic acids is 1. The third-order valence-electron chi connectivity index (χ3n) is 8.04. The van der Waals surface area contributed by atoms with Crippen molar-refractivity contribution < 1.29 is 13.9 Å². The highest BCUT2D eigenvalue weighted by molar-refractivity contribution is 6.14. The van der Waals surface area contributed by atoms with Crippen LogP contribution in [0.1, 0.15) is 31.7 Å². The number of H-pyrrole nitrogens is 1. The molecule has 0 atom stereocenters. The summed E-state index contributed by atoms with van der Waals surface area (Å²) in [5.74, 6) is -0.0958. The van der Waals surface area contributed by atoms with Gasteiger partial charge >= 0.3 is 5.97 Å². The van der Waals surface area contributed by atoms with Crippen molar-refractivity contribution in [3.63, 3.8) is 0 Å². The van der Waals surface area contributed by atoms with E-state index in [4.69, 9.17) is 9.15 Å². The van der Waals surface area contributed by atoms with Gasteiger partial charge in [0, 0.05) is 29.1 Å². The second-order valence-electron chi connectivity index (χ2n) is 10.6.